The van der Waals surface area contributed by atoms with E-state index < -0.39 is 0 Å². The molecule has 0 aliphatic heterocycles. The first-order chi connectivity index (χ1) is 7.38. The first kappa shape index (κ1) is 9.88. The van der Waals surface area contributed by atoms with E-state index in [1.807, 2.05) is 18.2 Å². The fourth-order valence-electron chi connectivity index (χ4n) is 0.998. The van der Waals surface area contributed by atoms with Crippen molar-refractivity contribution in [2.45, 2.75) is 10.1 Å². The van der Waals surface area contributed by atoms with Gasteiger partial charge in [0.05, 0.1) is 0 Å². The Morgan fingerprint density at radius 1 is 1.20 bits per heavy atom. The van der Waals surface area contributed by atoms with Crippen LogP contribution >= 0.6 is 11.8 Å². The second kappa shape index (κ2) is 4.72. The number of nitrogens with two attached hydrogens (primary N) is 1. The zero-order chi connectivity index (χ0) is 10.5. The predicted octanol–water partition coefficient (Wildman–Crippen LogP) is 1.31. The Kier molecular flexibility index (Phi) is 3.11. The van der Waals surface area contributed by atoms with Gasteiger partial charge < -0.3 is 5.43 Å². The molecule has 76 valence electrons. The van der Waals surface area contributed by atoms with Gasteiger partial charge in [0, 0.05) is 6.20 Å². The molecule has 6 heteroatoms. The number of hydrogen-bond acceptors (Lipinski definition) is 6. The highest BCUT2D eigenvalue weighted by Crippen LogP contribution is 2.23. The Morgan fingerprint density at radius 3 is 2.87 bits per heavy atom. The summed E-state index contributed by atoms with van der Waals surface area (Å²) in [5.41, 5.74) is 2.50. The molecule has 0 spiro atoms. The summed E-state index contributed by atoms with van der Waals surface area (Å²) in [7, 11) is 0. The average molecular weight is 219 g/mol. The molecule has 0 aliphatic rings. The molecule has 0 atom stereocenters. The van der Waals surface area contributed by atoms with Gasteiger partial charge in [0.15, 0.2) is 0 Å². The maximum Gasteiger partial charge on any atom is 0.141 e. The number of anilines is 1. The van der Waals surface area contributed by atoms with Crippen LogP contribution in [0.15, 0.2) is 46.8 Å². The van der Waals surface area contributed by atoms with Crippen LogP contribution in [0, 0.1) is 0 Å². The molecule has 0 fully saturated rings. The minimum absolute atomic E-state index is 0.633. The van der Waals surface area contributed by atoms with Crippen LogP contribution in [0.5, 0.6) is 0 Å². The molecule has 0 saturated heterocycles. The van der Waals surface area contributed by atoms with Crippen molar-refractivity contribution in [3.8, 4) is 0 Å². The summed E-state index contributed by atoms with van der Waals surface area (Å²) in [5, 5.41) is 1.69. The van der Waals surface area contributed by atoms with Crippen molar-refractivity contribution in [2.75, 3.05) is 5.43 Å². The lowest BCUT2D eigenvalue weighted by molar-refractivity contribution is 1.03. The third-order valence-electron chi connectivity index (χ3n) is 1.64. The van der Waals surface area contributed by atoms with E-state index in [1.54, 1.807) is 12.3 Å². The van der Waals surface area contributed by atoms with Crippen LogP contribution in [0.3, 0.4) is 0 Å². The van der Waals surface area contributed by atoms with E-state index in [2.05, 4.69) is 20.4 Å². The van der Waals surface area contributed by atoms with Crippen molar-refractivity contribution in [1.82, 2.24) is 15.0 Å². The first-order valence-corrected chi connectivity index (χ1v) is 5.07. The molecule has 5 nitrogen and oxygen atoms in total. The molecule has 2 heterocycles. The first-order valence-electron chi connectivity index (χ1n) is 4.26. The Morgan fingerprint density at radius 2 is 2.13 bits per heavy atom. The van der Waals surface area contributed by atoms with Gasteiger partial charge in [0.2, 0.25) is 0 Å². The molecule has 0 amide bonds. The van der Waals surface area contributed by atoms with Gasteiger partial charge in [-0.05, 0) is 30.0 Å². The van der Waals surface area contributed by atoms with Crippen molar-refractivity contribution in [1.29, 1.82) is 0 Å². The van der Waals surface area contributed by atoms with Gasteiger partial charge in [0.1, 0.15) is 22.2 Å². The minimum atomic E-state index is 0.633. The zero-order valence-corrected chi connectivity index (χ0v) is 8.61. The van der Waals surface area contributed by atoms with Crippen molar-refractivity contribution in [2.24, 2.45) is 5.84 Å². The molecule has 0 aromatic carbocycles. The third kappa shape index (κ3) is 2.64. The van der Waals surface area contributed by atoms with E-state index in [0.29, 0.717) is 5.82 Å². The van der Waals surface area contributed by atoms with Gasteiger partial charge in [0.25, 0.3) is 0 Å². The van der Waals surface area contributed by atoms with E-state index in [9.17, 15) is 0 Å². The van der Waals surface area contributed by atoms with Gasteiger partial charge in [-0.25, -0.2) is 20.8 Å². The van der Waals surface area contributed by atoms with Crippen LogP contribution in [0.2, 0.25) is 0 Å². The molecule has 0 aliphatic carbocycles. The van der Waals surface area contributed by atoms with Gasteiger partial charge in [-0.2, -0.15) is 0 Å². The smallest absolute Gasteiger partial charge is 0.141 e. The van der Waals surface area contributed by atoms with Crippen LogP contribution in [0.4, 0.5) is 5.82 Å². The summed E-state index contributed by atoms with van der Waals surface area (Å²) < 4.78 is 0. The van der Waals surface area contributed by atoms with Crippen LogP contribution in [-0.4, -0.2) is 15.0 Å². The molecule has 0 unspecified atom stereocenters. The van der Waals surface area contributed by atoms with Crippen molar-refractivity contribution in [3.63, 3.8) is 0 Å². The van der Waals surface area contributed by atoms with Crippen LogP contribution < -0.4 is 11.3 Å². The molecule has 0 bridgehead atoms. The molecule has 15 heavy (non-hydrogen) atoms. The highest BCUT2D eigenvalue weighted by molar-refractivity contribution is 7.99. The van der Waals surface area contributed by atoms with Crippen LogP contribution in [0.1, 0.15) is 0 Å². The SMILES string of the molecule is NNc1cccc(Sc2ccncn2)n1. The van der Waals surface area contributed by atoms with E-state index in [0.717, 1.165) is 10.1 Å². The van der Waals surface area contributed by atoms with Gasteiger partial charge in [-0.3, -0.25) is 0 Å². The Balaban J connectivity index is 2.17. The number of hydrogen-bond donors (Lipinski definition) is 2. The van der Waals surface area contributed by atoms with Crippen molar-refractivity contribution in [3.05, 3.63) is 36.8 Å². The summed E-state index contributed by atoms with van der Waals surface area (Å²) in [5.74, 6) is 5.90. The second-order valence-electron chi connectivity index (χ2n) is 2.66. The zero-order valence-electron chi connectivity index (χ0n) is 7.79. The fraction of sp³-hybridized carbons (Fsp3) is 0. The van der Waals surface area contributed by atoms with E-state index in [-0.39, 0.29) is 0 Å². The Bertz CT molecular complexity index is 434. The largest absolute Gasteiger partial charge is 0.308 e. The number of hydrazine groups is 1. The lowest BCUT2D eigenvalue weighted by Gasteiger charge is -2.02. The topological polar surface area (TPSA) is 76.7 Å². The molecule has 0 radical (unpaired) electrons. The lowest BCUT2D eigenvalue weighted by Crippen LogP contribution is -2.08. The number of pyridine rings is 1. The van der Waals surface area contributed by atoms with Crippen LogP contribution in [-0.2, 0) is 0 Å². The van der Waals surface area contributed by atoms with E-state index in [1.165, 1.54) is 18.1 Å². The lowest BCUT2D eigenvalue weighted by atomic mass is 10.5. The molecular formula is C9H9N5S. The highest BCUT2D eigenvalue weighted by Gasteiger charge is 2.00. The number of rotatable bonds is 3. The molecule has 2 aromatic heterocycles. The summed E-state index contributed by atoms with van der Waals surface area (Å²) in [6, 6.07) is 7.40. The quantitative estimate of drug-likeness (QED) is 0.460. The summed E-state index contributed by atoms with van der Waals surface area (Å²) in [4.78, 5) is 12.2. The van der Waals surface area contributed by atoms with Gasteiger partial charge in [-0.15, -0.1) is 0 Å². The molecule has 0 saturated carbocycles. The molecule has 3 N–H and O–H groups in total. The van der Waals surface area contributed by atoms with Crippen molar-refractivity contribution >= 4 is 17.6 Å². The number of nitrogens with one attached hydrogen (secondary N) is 1. The van der Waals surface area contributed by atoms with E-state index >= 15 is 0 Å². The van der Waals surface area contributed by atoms with Gasteiger partial charge >= 0.3 is 0 Å². The average Bonchev–Trinajstić information content (AvgIpc) is 2.31. The number of nitrogen functional groups attached to an aromatic ring is 1. The van der Waals surface area contributed by atoms with Gasteiger partial charge in [-0.1, -0.05) is 6.07 Å². The maximum absolute atomic E-state index is 5.26. The molecule has 2 aromatic rings. The van der Waals surface area contributed by atoms with E-state index in [4.69, 9.17) is 5.84 Å². The molecule has 2 rings (SSSR count). The second-order valence-corrected chi connectivity index (χ2v) is 3.70. The standard InChI is InChI=1S/C9H9N5S/c10-14-7-2-1-3-9(13-7)15-8-4-5-11-6-12-8/h1-6H,10H2,(H,13,14). The maximum atomic E-state index is 5.26. The predicted molar refractivity (Wildman–Crippen MR) is 58.2 cm³/mol. The number of nitrogens with zero attached hydrogens (tertiary/aromatic N) is 3. The Hall–Kier alpha value is -1.66. The monoisotopic (exact) mass is 219 g/mol. The Labute approximate surface area is 91.1 Å². The normalized spacial score (nSPS) is 9.93. The van der Waals surface area contributed by atoms with Crippen LogP contribution in [0.25, 0.3) is 0 Å². The minimum Gasteiger partial charge on any atom is -0.308 e. The summed E-state index contributed by atoms with van der Waals surface area (Å²) >= 11 is 1.46. The third-order valence-corrected chi connectivity index (χ3v) is 2.52. The summed E-state index contributed by atoms with van der Waals surface area (Å²) in [6.45, 7) is 0. The highest BCUT2D eigenvalue weighted by atomic mass is 32.2. The summed E-state index contributed by atoms with van der Waals surface area (Å²) in [6.07, 6.45) is 3.20. The fourth-order valence-corrected chi connectivity index (χ4v) is 1.73. The van der Waals surface area contributed by atoms with Crippen molar-refractivity contribution < 1.29 is 0 Å². The molecular weight excluding hydrogens is 210 g/mol. The number of aromatic nitrogens is 3.